The van der Waals surface area contributed by atoms with Crippen molar-refractivity contribution in [2.75, 3.05) is 45.3 Å². The minimum absolute atomic E-state index is 0.0396. The minimum Gasteiger partial charge on any atom is -0.497 e. The second-order valence-corrected chi connectivity index (χ2v) is 9.46. The Morgan fingerprint density at radius 2 is 1.86 bits per heavy atom. The summed E-state index contributed by atoms with van der Waals surface area (Å²) in [6.45, 7) is 14.0. The number of nitrogens with zero attached hydrogens (tertiary/aromatic N) is 6. The largest absolute Gasteiger partial charge is 0.497 e. The maximum absolute atomic E-state index is 13.2. The Morgan fingerprint density at radius 1 is 1.08 bits per heavy atom. The second-order valence-electron chi connectivity index (χ2n) is 9.46. The highest BCUT2D eigenvalue weighted by Crippen LogP contribution is 2.25. The smallest absolute Gasteiger partial charge is 0.291 e. The summed E-state index contributed by atoms with van der Waals surface area (Å²) in [5, 5.41) is 3.43. The Labute approximate surface area is 219 Å². The molecule has 1 aromatic carbocycles. The number of pyridine rings is 1. The van der Waals surface area contributed by atoms with Gasteiger partial charge in [0.1, 0.15) is 17.0 Å². The number of piperidine rings is 1. The van der Waals surface area contributed by atoms with E-state index < -0.39 is 0 Å². The van der Waals surface area contributed by atoms with Crippen LogP contribution in [0.15, 0.2) is 36.4 Å². The van der Waals surface area contributed by atoms with E-state index >= 15 is 0 Å². The molecule has 0 atom stereocenters. The van der Waals surface area contributed by atoms with E-state index in [1.165, 1.54) is 19.3 Å². The molecule has 1 saturated heterocycles. The third-order valence-electron chi connectivity index (χ3n) is 6.77. The van der Waals surface area contributed by atoms with Crippen LogP contribution in [0.4, 0.5) is 11.6 Å². The van der Waals surface area contributed by atoms with Crippen LogP contribution in [0, 0.1) is 6.57 Å². The van der Waals surface area contributed by atoms with Crippen molar-refractivity contribution in [3.8, 4) is 5.75 Å². The molecule has 2 aromatic heterocycles. The molecule has 9 nitrogen and oxygen atoms in total. The molecule has 3 heterocycles. The Morgan fingerprint density at radius 3 is 2.57 bits per heavy atom. The van der Waals surface area contributed by atoms with Crippen molar-refractivity contribution in [2.45, 2.75) is 52.0 Å². The average Bonchev–Trinajstić information content (AvgIpc) is 3.27. The number of likely N-dealkylation sites (tertiary alicyclic amines) is 1. The van der Waals surface area contributed by atoms with Crippen LogP contribution in [-0.2, 0) is 6.54 Å². The van der Waals surface area contributed by atoms with Gasteiger partial charge in [-0.1, -0.05) is 19.8 Å². The fourth-order valence-corrected chi connectivity index (χ4v) is 4.70. The molecule has 196 valence electrons. The maximum atomic E-state index is 13.2. The van der Waals surface area contributed by atoms with Gasteiger partial charge in [-0.2, -0.15) is 0 Å². The fourth-order valence-electron chi connectivity index (χ4n) is 4.70. The normalized spacial score (nSPS) is 13.9. The Hall–Kier alpha value is -3.64. The molecule has 1 aliphatic rings. The summed E-state index contributed by atoms with van der Waals surface area (Å²) >= 11 is 0. The van der Waals surface area contributed by atoms with Crippen molar-refractivity contribution in [1.82, 2.24) is 24.3 Å². The molecular weight excluding hydrogens is 466 g/mol. The average molecular weight is 504 g/mol. The molecule has 0 bridgehead atoms. The summed E-state index contributed by atoms with van der Waals surface area (Å²) in [4.78, 5) is 30.4. The minimum atomic E-state index is -0.211. The highest BCUT2D eigenvalue weighted by atomic mass is 16.5. The number of fused-ring (bicyclic) bond motifs is 1. The molecule has 1 aliphatic heterocycles. The summed E-state index contributed by atoms with van der Waals surface area (Å²) < 4.78 is 7.36. The van der Waals surface area contributed by atoms with Crippen LogP contribution in [0.2, 0.25) is 0 Å². The number of carbonyl (C=O) groups is 1. The fraction of sp³-hybridized carbons (Fsp3) is 0.500. The zero-order valence-electron chi connectivity index (χ0n) is 21.9. The number of carbonyl (C=O) groups excluding carboxylic acids is 1. The molecule has 3 aromatic rings. The van der Waals surface area contributed by atoms with Gasteiger partial charge in [0.05, 0.1) is 7.11 Å². The van der Waals surface area contributed by atoms with Crippen LogP contribution in [0.1, 0.15) is 55.9 Å². The Bertz CT molecular complexity index is 1210. The van der Waals surface area contributed by atoms with E-state index in [4.69, 9.17) is 21.3 Å². The number of imidazole rings is 1. The lowest BCUT2D eigenvalue weighted by molar-refractivity contribution is 0.0765. The van der Waals surface area contributed by atoms with E-state index in [0.29, 0.717) is 23.8 Å². The highest BCUT2D eigenvalue weighted by molar-refractivity contribution is 5.94. The SMILES string of the molecule is [C-]#[N+]CN(CCCC)C(=O)c1ccc2nc(Nc3ccc(OC)cc3)n(CCCN3CCCCC3)c2n1. The lowest BCUT2D eigenvalue weighted by Gasteiger charge is -2.26. The number of benzene rings is 1. The molecule has 1 N–H and O–H groups in total. The number of ether oxygens (including phenoxy) is 1. The number of aryl methyl sites for hydroxylation is 1. The van der Waals surface area contributed by atoms with Crippen LogP contribution in [0.5, 0.6) is 5.75 Å². The summed E-state index contributed by atoms with van der Waals surface area (Å²) in [5.41, 5.74) is 2.66. The van der Waals surface area contributed by atoms with Gasteiger partial charge in [0.25, 0.3) is 12.6 Å². The van der Waals surface area contributed by atoms with Gasteiger partial charge in [-0.05, 0) is 81.7 Å². The summed E-state index contributed by atoms with van der Waals surface area (Å²) in [6, 6.07) is 11.3. The molecule has 0 aliphatic carbocycles. The van der Waals surface area contributed by atoms with Crippen molar-refractivity contribution in [3.05, 3.63) is 53.5 Å². The zero-order chi connectivity index (χ0) is 26.0. The van der Waals surface area contributed by atoms with E-state index in [0.717, 1.165) is 62.4 Å². The van der Waals surface area contributed by atoms with E-state index in [2.05, 4.69) is 26.6 Å². The number of unbranched alkanes of at least 4 members (excludes halogenated alkanes) is 1. The third-order valence-corrected chi connectivity index (χ3v) is 6.77. The topological polar surface area (TPSA) is 79.9 Å². The molecule has 1 fully saturated rings. The van der Waals surface area contributed by atoms with Gasteiger partial charge in [0.2, 0.25) is 5.95 Å². The highest BCUT2D eigenvalue weighted by Gasteiger charge is 2.21. The molecule has 0 saturated carbocycles. The van der Waals surface area contributed by atoms with Gasteiger partial charge in [0, 0.05) is 18.8 Å². The van der Waals surface area contributed by atoms with Gasteiger partial charge in [-0.3, -0.25) is 19.1 Å². The molecule has 9 heteroatoms. The van der Waals surface area contributed by atoms with Gasteiger partial charge in [-0.25, -0.2) is 16.5 Å². The molecule has 0 spiro atoms. The van der Waals surface area contributed by atoms with E-state index in [1.54, 1.807) is 18.1 Å². The lowest BCUT2D eigenvalue weighted by Crippen LogP contribution is -2.32. The number of anilines is 2. The van der Waals surface area contributed by atoms with Crippen LogP contribution < -0.4 is 10.1 Å². The quantitative estimate of drug-likeness (QED) is 0.343. The van der Waals surface area contributed by atoms with Crippen LogP contribution in [0.3, 0.4) is 0 Å². The van der Waals surface area contributed by atoms with Crippen LogP contribution in [0.25, 0.3) is 16.0 Å². The molecule has 4 rings (SSSR count). The summed E-state index contributed by atoms with van der Waals surface area (Å²) in [5.74, 6) is 1.27. The monoisotopic (exact) mass is 503 g/mol. The van der Waals surface area contributed by atoms with Gasteiger partial charge < -0.3 is 15.0 Å². The van der Waals surface area contributed by atoms with Gasteiger partial charge in [-0.15, -0.1) is 0 Å². The summed E-state index contributed by atoms with van der Waals surface area (Å²) in [7, 11) is 1.65. The number of amides is 1. The van der Waals surface area contributed by atoms with E-state index in [-0.39, 0.29) is 12.6 Å². The lowest BCUT2D eigenvalue weighted by atomic mass is 10.1. The predicted molar refractivity (Wildman–Crippen MR) is 146 cm³/mol. The first-order valence-electron chi connectivity index (χ1n) is 13.3. The molecular formula is C28H37N7O2. The van der Waals surface area contributed by atoms with Crippen molar-refractivity contribution in [3.63, 3.8) is 0 Å². The van der Waals surface area contributed by atoms with E-state index in [1.807, 2.05) is 30.3 Å². The van der Waals surface area contributed by atoms with Crippen molar-refractivity contribution < 1.29 is 9.53 Å². The molecule has 1 amide bonds. The zero-order valence-corrected chi connectivity index (χ0v) is 21.9. The first-order chi connectivity index (χ1) is 18.1. The molecule has 0 radical (unpaired) electrons. The summed E-state index contributed by atoms with van der Waals surface area (Å²) in [6.07, 6.45) is 6.63. The number of hydrogen-bond donors (Lipinski definition) is 1. The van der Waals surface area contributed by atoms with Gasteiger partial charge in [0.15, 0.2) is 5.65 Å². The number of aromatic nitrogens is 3. The first-order valence-corrected chi connectivity index (χ1v) is 13.3. The number of hydrogen-bond acceptors (Lipinski definition) is 6. The second kappa shape index (κ2) is 13.1. The van der Waals surface area contributed by atoms with Crippen molar-refractivity contribution in [2.24, 2.45) is 0 Å². The Balaban J connectivity index is 1.62. The van der Waals surface area contributed by atoms with E-state index in [9.17, 15) is 4.79 Å². The van der Waals surface area contributed by atoms with Crippen LogP contribution in [-0.4, -0.2) is 70.2 Å². The van der Waals surface area contributed by atoms with Crippen molar-refractivity contribution in [1.29, 1.82) is 0 Å². The maximum Gasteiger partial charge on any atom is 0.291 e. The number of methoxy groups -OCH3 is 1. The number of rotatable bonds is 12. The van der Waals surface area contributed by atoms with Crippen LogP contribution >= 0.6 is 0 Å². The standard InChI is InChI=1S/C28H37N7O2/c1-4-5-19-34(21-29-2)27(36)25-15-14-24-26(31-25)35(20-9-18-33-16-7-6-8-17-33)28(32-24)30-22-10-12-23(37-3)13-11-22/h10-15H,4-9,16-21H2,1,3H3,(H,30,32). The molecule has 0 unspecified atom stereocenters. The van der Waals surface area contributed by atoms with Gasteiger partial charge >= 0.3 is 0 Å². The van der Waals surface area contributed by atoms with Crippen molar-refractivity contribution >= 4 is 28.7 Å². The Kier molecular flexibility index (Phi) is 9.33. The number of nitrogens with one attached hydrogen (secondary N) is 1. The molecule has 37 heavy (non-hydrogen) atoms. The predicted octanol–water partition coefficient (Wildman–Crippen LogP) is 5.18. The first kappa shape index (κ1) is 26.4. The third kappa shape index (κ3) is 6.77.